The van der Waals surface area contributed by atoms with E-state index in [0.29, 0.717) is 22.2 Å². The largest absolute Gasteiger partial charge is 0.487 e. The van der Waals surface area contributed by atoms with Crippen LogP contribution in [0.25, 0.3) is 5.69 Å². The van der Waals surface area contributed by atoms with Crippen LogP contribution in [-0.2, 0) is 12.8 Å². The molecule has 0 bridgehead atoms. The molecule has 0 radical (unpaired) electrons. The third-order valence-electron chi connectivity index (χ3n) is 4.37. The fourth-order valence-corrected chi connectivity index (χ4v) is 3.82. The van der Waals surface area contributed by atoms with E-state index < -0.39 is 17.6 Å². The number of ether oxygens (including phenoxy) is 1. The van der Waals surface area contributed by atoms with Crippen LogP contribution in [0.1, 0.15) is 45.3 Å². The van der Waals surface area contributed by atoms with Gasteiger partial charge in [-0.2, -0.15) is 13.2 Å². The van der Waals surface area contributed by atoms with Crippen LogP contribution < -0.4 is 10.5 Å². The summed E-state index contributed by atoms with van der Waals surface area (Å²) >= 11 is 1.28. The minimum atomic E-state index is -4.39. The van der Waals surface area contributed by atoms with Crippen LogP contribution >= 0.6 is 11.3 Å². The van der Waals surface area contributed by atoms with E-state index in [-0.39, 0.29) is 12.4 Å². The van der Waals surface area contributed by atoms with Crippen LogP contribution in [0.15, 0.2) is 35.8 Å². The SMILES string of the molecule is NC(=O)c1scc(C2CC2)c1-n1cc(COc2ccc(C(F)(F)F)cc2)nn1. The average molecular weight is 408 g/mol. The number of carbonyl (C=O) groups excluding carboxylic acids is 1. The molecule has 0 saturated heterocycles. The van der Waals surface area contributed by atoms with E-state index in [1.807, 2.05) is 5.38 Å². The van der Waals surface area contributed by atoms with Gasteiger partial charge in [0.05, 0.1) is 17.4 Å². The van der Waals surface area contributed by atoms with Crippen LogP contribution in [0.4, 0.5) is 13.2 Å². The Kier molecular flexibility index (Phi) is 4.58. The van der Waals surface area contributed by atoms with Crippen LogP contribution in [0.5, 0.6) is 5.75 Å². The zero-order valence-electron chi connectivity index (χ0n) is 14.4. The number of thiophene rings is 1. The summed E-state index contributed by atoms with van der Waals surface area (Å²) in [5.41, 5.74) is 6.88. The first-order chi connectivity index (χ1) is 13.3. The molecule has 0 aliphatic heterocycles. The molecule has 10 heteroatoms. The summed E-state index contributed by atoms with van der Waals surface area (Å²) in [5.74, 6) is 0.162. The number of rotatable bonds is 6. The van der Waals surface area contributed by atoms with E-state index in [1.165, 1.54) is 28.2 Å². The third-order valence-corrected chi connectivity index (χ3v) is 5.37. The predicted molar refractivity (Wildman–Crippen MR) is 95.5 cm³/mol. The quantitative estimate of drug-likeness (QED) is 0.671. The number of nitrogens with two attached hydrogens (primary N) is 1. The lowest BCUT2D eigenvalue weighted by Crippen LogP contribution is -2.13. The van der Waals surface area contributed by atoms with Gasteiger partial charge >= 0.3 is 6.18 Å². The van der Waals surface area contributed by atoms with Gasteiger partial charge in [-0.3, -0.25) is 4.79 Å². The van der Waals surface area contributed by atoms with Gasteiger partial charge in [0, 0.05) is 0 Å². The van der Waals surface area contributed by atoms with Crippen molar-refractivity contribution >= 4 is 17.2 Å². The molecule has 0 atom stereocenters. The molecule has 4 rings (SSSR count). The average Bonchev–Trinajstić information content (AvgIpc) is 3.22. The van der Waals surface area contributed by atoms with Gasteiger partial charge in [-0.1, -0.05) is 5.21 Å². The summed E-state index contributed by atoms with van der Waals surface area (Å²) in [5, 5.41) is 10.0. The molecule has 1 saturated carbocycles. The molecule has 6 nitrogen and oxygen atoms in total. The summed E-state index contributed by atoms with van der Waals surface area (Å²) in [7, 11) is 0. The lowest BCUT2D eigenvalue weighted by Gasteiger charge is -2.08. The molecule has 1 aromatic carbocycles. The topological polar surface area (TPSA) is 83.0 Å². The van der Waals surface area contributed by atoms with Crippen LogP contribution in [-0.4, -0.2) is 20.9 Å². The first kappa shape index (κ1) is 18.5. The summed E-state index contributed by atoms with van der Waals surface area (Å²) in [6.45, 7) is 0.0279. The summed E-state index contributed by atoms with van der Waals surface area (Å²) < 4.78 is 44.8. The minimum absolute atomic E-state index is 0.0279. The highest BCUT2D eigenvalue weighted by Crippen LogP contribution is 2.45. The van der Waals surface area contributed by atoms with Crippen molar-refractivity contribution in [3.8, 4) is 11.4 Å². The minimum Gasteiger partial charge on any atom is -0.487 e. The molecule has 3 aromatic rings. The molecular weight excluding hydrogens is 393 g/mol. The highest BCUT2D eigenvalue weighted by molar-refractivity contribution is 7.12. The van der Waals surface area contributed by atoms with Gasteiger partial charge in [0.25, 0.3) is 5.91 Å². The number of amides is 1. The Bertz CT molecular complexity index is 1010. The number of carbonyl (C=O) groups is 1. The Balaban J connectivity index is 1.50. The fraction of sp³-hybridized carbons (Fsp3) is 0.278. The van der Waals surface area contributed by atoms with Crippen molar-refractivity contribution in [2.75, 3.05) is 0 Å². The maximum absolute atomic E-state index is 12.6. The van der Waals surface area contributed by atoms with Gasteiger partial charge in [0.15, 0.2) is 0 Å². The Hall–Kier alpha value is -2.88. The van der Waals surface area contributed by atoms with E-state index in [9.17, 15) is 18.0 Å². The van der Waals surface area contributed by atoms with Crippen molar-refractivity contribution in [2.45, 2.75) is 31.5 Å². The van der Waals surface area contributed by atoms with E-state index in [0.717, 1.165) is 30.5 Å². The zero-order chi connectivity index (χ0) is 19.9. The molecule has 146 valence electrons. The number of alkyl halides is 3. The molecule has 0 spiro atoms. The third kappa shape index (κ3) is 3.72. The first-order valence-corrected chi connectivity index (χ1v) is 9.33. The number of hydrogen-bond acceptors (Lipinski definition) is 5. The maximum Gasteiger partial charge on any atom is 0.416 e. The Morgan fingerprint density at radius 2 is 2.00 bits per heavy atom. The number of hydrogen-bond donors (Lipinski definition) is 1. The second-order valence-electron chi connectivity index (χ2n) is 6.47. The molecule has 2 aromatic heterocycles. The van der Waals surface area contributed by atoms with E-state index >= 15 is 0 Å². The summed E-state index contributed by atoms with van der Waals surface area (Å²) in [6, 6.07) is 4.42. The summed E-state index contributed by atoms with van der Waals surface area (Å²) in [6.07, 6.45) is -0.648. The van der Waals surface area contributed by atoms with Gasteiger partial charge < -0.3 is 10.5 Å². The monoisotopic (exact) mass is 408 g/mol. The Morgan fingerprint density at radius 3 is 2.61 bits per heavy atom. The Labute approximate surface area is 161 Å². The number of primary amides is 1. The van der Waals surface area contributed by atoms with Crippen molar-refractivity contribution in [1.29, 1.82) is 0 Å². The van der Waals surface area contributed by atoms with Gasteiger partial charge in [-0.15, -0.1) is 16.4 Å². The van der Waals surface area contributed by atoms with E-state index in [4.69, 9.17) is 10.5 Å². The van der Waals surface area contributed by atoms with Crippen LogP contribution in [0.3, 0.4) is 0 Å². The van der Waals surface area contributed by atoms with Crippen molar-refractivity contribution < 1.29 is 22.7 Å². The van der Waals surface area contributed by atoms with Gasteiger partial charge in [-0.25, -0.2) is 4.68 Å². The standard InChI is InChI=1S/C18H15F3N4O2S/c19-18(20,21)11-3-5-13(6-4-11)27-8-12-7-25(24-23-12)15-14(10-1-2-10)9-28-16(15)17(22)26/h3-7,9-10H,1-2,8H2,(H2,22,26). The van der Waals surface area contributed by atoms with Crippen molar-refractivity contribution in [3.05, 3.63) is 57.5 Å². The predicted octanol–water partition coefficient (Wildman–Crippen LogP) is 3.90. The highest BCUT2D eigenvalue weighted by Gasteiger charge is 2.31. The maximum atomic E-state index is 12.6. The number of nitrogens with zero attached hydrogens (tertiary/aromatic N) is 3. The van der Waals surface area contributed by atoms with Crippen LogP contribution in [0.2, 0.25) is 0 Å². The molecule has 1 aliphatic rings. The lowest BCUT2D eigenvalue weighted by molar-refractivity contribution is -0.137. The fourth-order valence-electron chi connectivity index (χ4n) is 2.83. The van der Waals surface area contributed by atoms with Crippen molar-refractivity contribution in [1.82, 2.24) is 15.0 Å². The molecule has 1 fully saturated rings. The molecule has 1 amide bonds. The Morgan fingerprint density at radius 1 is 1.29 bits per heavy atom. The molecule has 2 heterocycles. The molecule has 28 heavy (non-hydrogen) atoms. The lowest BCUT2D eigenvalue weighted by atomic mass is 10.1. The molecular formula is C18H15F3N4O2S. The van der Waals surface area contributed by atoms with Gasteiger partial charge in [-0.05, 0) is 54.0 Å². The van der Waals surface area contributed by atoms with Crippen molar-refractivity contribution in [3.63, 3.8) is 0 Å². The van der Waals surface area contributed by atoms with Gasteiger partial charge in [0.1, 0.15) is 22.9 Å². The normalized spacial score (nSPS) is 14.2. The smallest absolute Gasteiger partial charge is 0.416 e. The number of aromatic nitrogens is 3. The van der Waals surface area contributed by atoms with Crippen LogP contribution in [0, 0.1) is 0 Å². The van der Waals surface area contributed by atoms with E-state index in [2.05, 4.69) is 10.3 Å². The van der Waals surface area contributed by atoms with Gasteiger partial charge in [0.2, 0.25) is 0 Å². The molecule has 1 aliphatic carbocycles. The first-order valence-electron chi connectivity index (χ1n) is 8.46. The number of benzene rings is 1. The number of halogens is 3. The summed E-state index contributed by atoms with van der Waals surface area (Å²) in [4.78, 5) is 12.2. The molecule has 2 N–H and O–H groups in total. The van der Waals surface area contributed by atoms with Crippen molar-refractivity contribution in [2.24, 2.45) is 5.73 Å². The molecule has 0 unspecified atom stereocenters. The second kappa shape index (κ2) is 6.93. The van der Waals surface area contributed by atoms with E-state index in [1.54, 1.807) is 6.20 Å². The highest BCUT2D eigenvalue weighted by atomic mass is 32.1. The zero-order valence-corrected chi connectivity index (χ0v) is 15.3. The second-order valence-corrected chi connectivity index (χ2v) is 7.35.